The molecule has 21 heavy (non-hydrogen) atoms. The van der Waals surface area contributed by atoms with Gasteiger partial charge in [0.15, 0.2) is 10.9 Å². The minimum Gasteiger partial charge on any atom is -0.302 e. The fourth-order valence-electron chi connectivity index (χ4n) is 2.27. The van der Waals surface area contributed by atoms with Gasteiger partial charge in [-0.1, -0.05) is 39.4 Å². The summed E-state index contributed by atoms with van der Waals surface area (Å²) < 4.78 is 0.984. The Balaban J connectivity index is 1.67. The van der Waals surface area contributed by atoms with Gasteiger partial charge in [0.2, 0.25) is 5.91 Å². The summed E-state index contributed by atoms with van der Waals surface area (Å²) in [6.45, 7) is 0. The van der Waals surface area contributed by atoms with Gasteiger partial charge >= 0.3 is 0 Å². The zero-order chi connectivity index (χ0) is 14.8. The van der Waals surface area contributed by atoms with Crippen LogP contribution in [0.15, 0.2) is 28.7 Å². The van der Waals surface area contributed by atoms with Crippen molar-refractivity contribution < 1.29 is 9.59 Å². The summed E-state index contributed by atoms with van der Waals surface area (Å²) >= 11 is 4.65. The van der Waals surface area contributed by atoms with Crippen molar-refractivity contribution in [2.24, 2.45) is 0 Å². The maximum absolute atomic E-state index is 12.0. The van der Waals surface area contributed by atoms with Crippen LogP contribution < -0.4 is 5.32 Å². The molecule has 1 aliphatic rings. The molecule has 0 bridgehead atoms. The molecule has 0 fully saturated rings. The Labute approximate surface area is 134 Å². The number of rotatable bonds is 3. The van der Waals surface area contributed by atoms with Gasteiger partial charge in [-0.2, -0.15) is 0 Å². The third-order valence-electron chi connectivity index (χ3n) is 3.29. The monoisotopic (exact) mass is 364 g/mol. The highest BCUT2D eigenvalue weighted by Gasteiger charge is 2.22. The molecule has 3 rings (SSSR count). The third kappa shape index (κ3) is 3.39. The number of ketones is 1. The second-order valence-electron chi connectivity index (χ2n) is 4.92. The number of thiazole rings is 1. The van der Waals surface area contributed by atoms with Crippen molar-refractivity contribution in [3.8, 4) is 0 Å². The number of hydrogen-bond donors (Lipinski definition) is 1. The van der Waals surface area contributed by atoms with Crippen LogP contribution in [0.1, 0.15) is 33.8 Å². The van der Waals surface area contributed by atoms with E-state index in [0.29, 0.717) is 22.9 Å². The Morgan fingerprint density at radius 3 is 2.76 bits per heavy atom. The maximum Gasteiger partial charge on any atom is 0.230 e. The molecule has 6 heteroatoms. The predicted molar refractivity (Wildman–Crippen MR) is 85.9 cm³/mol. The van der Waals surface area contributed by atoms with Crippen LogP contribution in [0.25, 0.3) is 0 Å². The van der Waals surface area contributed by atoms with Crippen LogP contribution in [0.4, 0.5) is 5.13 Å². The molecule has 0 atom stereocenters. The second kappa shape index (κ2) is 6.07. The van der Waals surface area contributed by atoms with Crippen LogP contribution in [0, 0.1) is 0 Å². The number of fused-ring (bicyclic) bond motifs is 1. The number of carbonyl (C=O) groups is 2. The number of nitrogens with one attached hydrogen (secondary N) is 1. The Bertz CT molecular complexity index is 694. The predicted octanol–water partition coefficient (Wildman–Crippen LogP) is 3.61. The normalized spacial score (nSPS) is 13.9. The van der Waals surface area contributed by atoms with Crippen molar-refractivity contribution >= 4 is 44.1 Å². The zero-order valence-corrected chi connectivity index (χ0v) is 13.6. The first-order valence-electron chi connectivity index (χ1n) is 6.69. The number of amides is 1. The standard InChI is InChI=1S/C15H13BrN2O2S/c16-10-6-4-9(5-7-10)8-13(20)18-15-17-11-2-1-3-12(19)14(11)21-15/h4-7H,1-3,8H2,(H,17,18,20). The SMILES string of the molecule is O=C(Cc1ccc(Br)cc1)Nc1nc2c(s1)C(=O)CCC2. The molecule has 1 aliphatic carbocycles. The number of hydrogen-bond acceptors (Lipinski definition) is 4. The molecule has 1 amide bonds. The van der Waals surface area contributed by atoms with Gasteiger partial charge in [0.25, 0.3) is 0 Å². The van der Waals surface area contributed by atoms with Gasteiger partial charge in [0.05, 0.1) is 17.0 Å². The van der Waals surface area contributed by atoms with E-state index in [0.717, 1.165) is 28.6 Å². The number of anilines is 1. The van der Waals surface area contributed by atoms with Crippen LogP contribution in [0.5, 0.6) is 0 Å². The fraction of sp³-hybridized carbons (Fsp3) is 0.267. The van der Waals surface area contributed by atoms with E-state index in [1.807, 2.05) is 24.3 Å². The van der Waals surface area contributed by atoms with E-state index in [1.54, 1.807) is 0 Å². The molecule has 108 valence electrons. The Morgan fingerprint density at radius 2 is 2.05 bits per heavy atom. The van der Waals surface area contributed by atoms with Crippen molar-refractivity contribution in [2.75, 3.05) is 5.32 Å². The first-order valence-corrected chi connectivity index (χ1v) is 8.30. The third-order valence-corrected chi connectivity index (χ3v) is 4.88. The molecule has 2 aromatic rings. The number of carbonyl (C=O) groups excluding carboxylic acids is 2. The van der Waals surface area contributed by atoms with Gasteiger partial charge in [0, 0.05) is 10.9 Å². The van der Waals surface area contributed by atoms with Gasteiger partial charge in [-0.05, 0) is 30.5 Å². The lowest BCUT2D eigenvalue weighted by Crippen LogP contribution is -2.14. The van der Waals surface area contributed by atoms with Crippen LogP contribution >= 0.6 is 27.3 Å². The molecule has 1 N–H and O–H groups in total. The van der Waals surface area contributed by atoms with E-state index in [9.17, 15) is 9.59 Å². The summed E-state index contributed by atoms with van der Waals surface area (Å²) in [6.07, 6.45) is 2.55. The summed E-state index contributed by atoms with van der Waals surface area (Å²) in [4.78, 5) is 28.8. The number of halogens is 1. The molecule has 0 radical (unpaired) electrons. The lowest BCUT2D eigenvalue weighted by molar-refractivity contribution is -0.115. The molecule has 0 saturated heterocycles. The van der Waals surface area contributed by atoms with Gasteiger partial charge in [0.1, 0.15) is 0 Å². The summed E-state index contributed by atoms with van der Waals surface area (Å²) in [6, 6.07) is 7.62. The zero-order valence-electron chi connectivity index (χ0n) is 11.2. The number of Topliss-reactive ketones (excluding diaryl/α,β-unsaturated/α-hetero) is 1. The fourth-order valence-corrected chi connectivity index (χ4v) is 3.53. The first-order chi connectivity index (χ1) is 10.1. The topological polar surface area (TPSA) is 59.1 Å². The number of benzene rings is 1. The Hall–Kier alpha value is -1.53. The highest BCUT2D eigenvalue weighted by molar-refractivity contribution is 9.10. The molecule has 0 aliphatic heterocycles. The maximum atomic E-state index is 12.0. The van der Waals surface area contributed by atoms with Crippen molar-refractivity contribution in [2.45, 2.75) is 25.7 Å². The first kappa shape index (κ1) is 14.4. The minimum absolute atomic E-state index is 0.115. The van der Waals surface area contributed by atoms with Crippen molar-refractivity contribution in [1.29, 1.82) is 0 Å². The highest BCUT2D eigenvalue weighted by atomic mass is 79.9. The van der Waals surface area contributed by atoms with Crippen molar-refractivity contribution in [3.05, 3.63) is 44.9 Å². The second-order valence-corrected chi connectivity index (χ2v) is 6.84. The van der Waals surface area contributed by atoms with Crippen LogP contribution in [0.2, 0.25) is 0 Å². The van der Waals surface area contributed by atoms with E-state index < -0.39 is 0 Å². The number of aromatic nitrogens is 1. The highest BCUT2D eigenvalue weighted by Crippen LogP contribution is 2.29. The quantitative estimate of drug-likeness (QED) is 0.904. The average molecular weight is 365 g/mol. The molecular formula is C15H13BrN2O2S. The lowest BCUT2D eigenvalue weighted by atomic mass is 10.0. The van der Waals surface area contributed by atoms with Gasteiger partial charge < -0.3 is 5.32 Å². The average Bonchev–Trinajstić information content (AvgIpc) is 2.85. The summed E-state index contributed by atoms with van der Waals surface area (Å²) in [5.74, 6) is 0.0260. The van der Waals surface area contributed by atoms with E-state index in [2.05, 4.69) is 26.2 Å². The van der Waals surface area contributed by atoms with E-state index in [4.69, 9.17) is 0 Å². The van der Waals surface area contributed by atoms with Crippen molar-refractivity contribution in [3.63, 3.8) is 0 Å². The summed E-state index contributed by atoms with van der Waals surface area (Å²) in [5, 5.41) is 3.31. The lowest BCUT2D eigenvalue weighted by Gasteiger charge is -2.05. The molecule has 1 heterocycles. The molecule has 0 spiro atoms. The van der Waals surface area contributed by atoms with Gasteiger partial charge in [-0.15, -0.1) is 0 Å². The summed E-state index contributed by atoms with van der Waals surface area (Å²) in [5.41, 5.74) is 1.77. The molecule has 1 aromatic carbocycles. The Kier molecular flexibility index (Phi) is 4.17. The smallest absolute Gasteiger partial charge is 0.230 e. The van der Waals surface area contributed by atoms with E-state index in [1.165, 1.54) is 11.3 Å². The molecular weight excluding hydrogens is 352 g/mol. The van der Waals surface area contributed by atoms with Crippen LogP contribution in [-0.4, -0.2) is 16.7 Å². The Morgan fingerprint density at radius 1 is 1.29 bits per heavy atom. The van der Waals surface area contributed by atoms with Crippen LogP contribution in [0.3, 0.4) is 0 Å². The van der Waals surface area contributed by atoms with Gasteiger partial charge in [-0.25, -0.2) is 4.98 Å². The largest absolute Gasteiger partial charge is 0.302 e. The molecule has 0 unspecified atom stereocenters. The molecule has 4 nitrogen and oxygen atoms in total. The van der Waals surface area contributed by atoms with Crippen LogP contribution in [-0.2, 0) is 17.6 Å². The molecule has 1 aromatic heterocycles. The number of nitrogens with zero attached hydrogens (tertiary/aromatic N) is 1. The van der Waals surface area contributed by atoms with Crippen molar-refractivity contribution in [1.82, 2.24) is 4.98 Å². The number of aryl methyl sites for hydroxylation is 1. The van der Waals surface area contributed by atoms with Gasteiger partial charge in [-0.3, -0.25) is 9.59 Å². The van der Waals surface area contributed by atoms with E-state index >= 15 is 0 Å². The minimum atomic E-state index is -0.115. The van der Waals surface area contributed by atoms with E-state index in [-0.39, 0.29) is 11.7 Å². The molecule has 0 saturated carbocycles. The summed E-state index contributed by atoms with van der Waals surface area (Å²) in [7, 11) is 0.